The normalized spacial score (nSPS) is 12.7. The molecular weight excluding hydrogens is 288 g/mol. The second-order valence-electron chi connectivity index (χ2n) is 4.95. The van der Waals surface area contributed by atoms with Gasteiger partial charge in [0.2, 0.25) is 0 Å². The maximum atomic E-state index is 5.68. The highest BCUT2D eigenvalue weighted by atomic mass is 79.9. The molecule has 3 N–H and O–H groups in total. The van der Waals surface area contributed by atoms with Crippen LogP contribution in [0.2, 0.25) is 0 Å². The molecule has 1 atom stereocenters. The van der Waals surface area contributed by atoms with Crippen LogP contribution in [0.1, 0.15) is 62.6 Å². The van der Waals surface area contributed by atoms with Gasteiger partial charge in [-0.25, -0.2) is 0 Å². The molecule has 0 saturated heterocycles. The Bertz CT molecular complexity index is 352. The lowest BCUT2D eigenvalue weighted by Crippen LogP contribution is -2.28. The molecule has 18 heavy (non-hydrogen) atoms. The molecule has 0 amide bonds. The Labute approximate surface area is 119 Å². The molecule has 1 rings (SSSR count). The van der Waals surface area contributed by atoms with E-state index >= 15 is 0 Å². The fraction of sp³-hybridized carbons (Fsp3) is 0.600. The van der Waals surface area contributed by atoms with Crippen molar-refractivity contribution < 1.29 is 0 Å². The molecule has 0 radical (unpaired) electrons. The standard InChI is InChI=1S/C15H25BrN2/c1-3-4-5-6-7-8-15(18-17)13-10-9-12(2)11-14(13)16/h9-11,15,18H,3-8,17H2,1-2H3. The van der Waals surface area contributed by atoms with Gasteiger partial charge in [0.25, 0.3) is 0 Å². The maximum Gasteiger partial charge on any atom is 0.0471 e. The minimum atomic E-state index is 0.251. The van der Waals surface area contributed by atoms with E-state index < -0.39 is 0 Å². The molecular formula is C15H25BrN2. The van der Waals surface area contributed by atoms with Crippen molar-refractivity contribution in [3.63, 3.8) is 0 Å². The van der Waals surface area contributed by atoms with Crippen LogP contribution in [0.25, 0.3) is 0 Å². The predicted molar refractivity (Wildman–Crippen MR) is 82.3 cm³/mol. The molecule has 3 heteroatoms. The van der Waals surface area contributed by atoms with Gasteiger partial charge in [-0.2, -0.15) is 0 Å². The van der Waals surface area contributed by atoms with Crippen molar-refractivity contribution >= 4 is 15.9 Å². The fourth-order valence-corrected chi connectivity index (χ4v) is 2.96. The Kier molecular flexibility index (Phi) is 7.56. The van der Waals surface area contributed by atoms with Gasteiger partial charge in [-0.05, 0) is 30.5 Å². The molecule has 0 aliphatic heterocycles. The van der Waals surface area contributed by atoms with Gasteiger partial charge in [0.1, 0.15) is 0 Å². The van der Waals surface area contributed by atoms with E-state index in [0.717, 1.165) is 10.9 Å². The van der Waals surface area contributed by atoms with Crippen LogP contribution in [0.4, 0.5) is 0 Å². The first kappa shape index (κ1) is 15.7. The van der Waals surface area contributed by atoms with Gasteiger partial charge in [-0.15, -0.1) is 0 Å². The van der Waals surface area contributed by atoms with Gasteiger partial charge in [0, 0.05) is 10.5 Å². The van der Waals surface area contributed by atoms with Crippen molar-refractivity contribution in [3.8, 4) is 0 Å². The SMILES string of the molecule is CCCCCCCC(NN)c1ccc(C)cc1Br. The molecule has 102 valence electrons. The number of hydrazine groups is 1. The Balaban J connectivity index is 2.49. The van der Waals surface area contributed by atoms with Gasteiger partial charge in [0.05, 0.1) is 0 Å². The van der Waals surface area contributed by atoms with E-state index in [0.29, 0.717) is 0 Å². The van der Waals surface area contributed by atoms with Crippen LogP contribution in [0.5, 0.6) is 0 Å². The Morgan fingerprint density at radius 1 is 1.22 bits per heavy atom. The average molecular weight is 313 g/mol. The zero-order valence-corrected chi connectivity index (χ0v) is 13.1. The first-order chi connectivity index (χ1) is 8.69. The summed E-state index contributed by atoms with van der Waals surface area (Å²) in [6, 6.07) is 6.70. The highest BCUT2D eigenvalue weighted by Gasteiger charge is 2.12. The smallest absolute Gasteiger partial charge is 0.0471 e. The van der Waals surface area contributed by atoms with Gasteiger partial charge in [-0.1, -0.05) is 67.1 Å². The Morgan fingerprint density at radius 2 is 1.94 bits per heavy atom. The first-order valence-corrected chi connectivity index (χ1v) is 7.70. The summed E-state index contributed by atoms with van der Waals surface area (Å²) in [6.07, 6.45) is 7.60. The maximum absolute atomic E-state index is 5.68. The molecule has 0 aliphatic carbocycles. The summed E-state index contributed by atoms with van der Waals surface area (Å²) in [5.41, 5.74) is 5.47. The third-order valence-corrected chi connectivity index (χ3v) is 4.02. The quantitative estimate of drug-likeness (QED) is 0.417. The summed E-state index contributed by atoms with van der Waals surface area (Å²) >= 11 is 3.63. The monoisotopic (exact) mass is 312 g/mol. The minimum absolute atomic E-state index is 0.251. The van der Waals surface area contributed by atoms with Crippen molar-refractivity contribution in [3.05, 3.63) is 33.8 Å². The summed E-state index contributed by atoms with van der Waals surface area (Å²) < 4.78 is 1.15. The number of halogens is 1. The summed E-state index contributed by atoms with van der Waals surface area (Å²) in [7, 11) is 0. The van der Waals surface area contributed by atoms with Crippen LogP contribution in [0.15, 0.2) is 22.7 Å². The number of benzene rings is 1. The number of hydrogen-bond acceptors (Lipinski definition) is 2. The number of nitrogens with two attached hydrogens (primary N) is 1. The molecule has 1 aromatic rings. The summed E-state index contributed by atoms with van der Waals surface area (Å²) in [5.74, 6) is 5.68. The van der Waals surface area contributed by atoms with Crippen LogP contribution in [-0.2, 0) is 0 Å². The zero-order valence-electron chi connectivity index (χ0n) is 11.5. The van der Waals surface area contributed by atoms with Crippen LogP contribution < -0.4 is 11.3 Å². The van der Waals surface area contributed by atoms with E-state index in [-0.39, 0.29) is 6.04 Å². The topological polar surface area (TPSA) is 38.0 Å². The van der Waals surface area contributed by atoms with Gasteiger partial charge >= 0.3 is 0 Å². The zero-order chi connectivity index (χ0) is 13.4. The summed E-state index contributed by atoms with van der Waals surface area (Å²) in [4.78, 5) is 0. The van der Waals surface area contributed by atoms with Gasteiger partial charge in [-0.3, -0.25) is 11.3 Å². The summed E-state index contributed by atoms with van der Waals surface area (Å²) in [5, 5.41) is 0. The molecule has 1 aromatic carbocycles. The highest BCUT2D eigenvalue weighted by Crippen LogP contribution is 2.27. The molecule has 0 aliphatic rings. The largest absolute Gasteiger partial charge is 0.271 e. The lowest BCUT2D eigenvalue weighted by molar-refractivity contribution is 0.477. The predicted octanol–water partition coefficient (Wildman–Crippen LogP) is 4.62. The third-order valence-electron chi connectivity index (χ3n) is 3.33. The van der Waals surface area contributed by atoms with Crippen molar-refractivity contribution in [2.45, 2.75) is 58.4 Å². The van der Waals surface area contributed by atoms with E-state index in [9.17, 15) is 0 Å². The van der Waals surface area contributed by atoms with Crippen LogP contribution in [0.3, 0.4) is 0 Å². The van der Waals surface area contributed by atoms with Crippen molar-refractivity contribution in [2.24, 2.45) is 5.84 Å². The molecule has 0 fully saturated rings. The lowest BCUT2D eigenvalue weighted by atomic mass is 9.99. The first-order valence-electron chi connectivity index (χ1n) is 6.91. The number of aryl methyl sites for hydroxylation is 1. The highest BCUT2D eigenvalue weighted by molar-refractivity contribution is 9.10. The van der Waals surface area contributed by atoms with Crippen molar-refractivity contribution in [2.75, 3.05) is 0 Å². The molecule has 1 unspecified atom stereocenters. The molecule has 0 saturated carbocycles. The van der Waals surface area contributed by atoms with E-state index in [2.05, 4.69) is 53.4 Å². The molecule has 0 bridgehead atoms. The van der Waals surface area contributed by atoms with E-state index in [1.54, 1.807) is 0 Å². The van der Waals surface area contributed by atoms with Crippen molar-refractivity contribution in [1.82, 2.24) is 5.43 Å². The number of hydrogen-bond donors (Lipinski definition) is 2. The number of nitrogens with one attached hydrogen (secondary N) is 1. The van der Waals surface area contributed by atoms with Crippen molar-refractivity contribution in [1.29, 1.82) is 0 Å². The molecule has 0 aromatic heterocycles. The second-order valence-corrected chi connectivity index (χ2v) is 5.80. The van der Waals surface area contributed by atoms with Gasteiger partial charge < -0.3 is 0 Å². The van der Waals surface area contributed by atoms with Crippen LogP contribution in [-0.4, -0.2) is 0 Å². The average Bonchev–Trinajstić information content (AvgIpc) is 2.35. The van der Waals surface area contributed by atoms with Gasteiger partial charge in [0.15, 0.2) is 0 Å². The molecule has 0 spiro atoms. The number of rotatable bonds is 8. The Hall–Kier alpha value is -0.380. The molecule has 2 nitrogen and oxygen atoms in total. The summed E-state index contributed by atoms with van der Waals surface area (Å²) in [6.45, 7) is 4.35. The van der Waals surface area contributed by atoms with E-state index in [1.165, 1.54) is 43.2 Å². The van der Waals surface area contributed by atoms with Crippen LogP contribution in [0, 0.1) is 6.92 Å². The lowest BCUT2D eigenvalue weighted by Gasteiger charge is -2.18. The third kappa shape index (κ3) is 5.09. The van der Waals surface area contributed by atoms with E-state index in [4.69, 9.17) is 5.84 Å². The second kappa shape index (κ2) is 8.68. The fourth-order valence-electron chi connectivity index (χ4n) is 2.20. The number of unbranched alkanes of at least 4 members (excludes halogenated alkanes) is 4. The molecule has 0 heterocycles. The van der Waals surface area contributed by atoms with E-state index in [1.807, 2.05) is 0 Å². The minimum Gasteiger partial charge on any atom is -0.271 e. The van der Waals surface area contributed by atoms with Crippen LogP contribution >= 0.6 is 15.9 Å². The Morgan fingerprint density at radius 3 is 2.56 bits per heavy atom.